The highest BCUT2D eigenvalue weighted by Gasteiger charge is 2.42. The Bertz CT molecular complexity index is 1780. The molecule has 4 aromatic rings. The number of H-pyrrole nitrogens is 1. The SMILES string of the molecule is CC1(C)CC(=O)C2=C(C1)Nc1nc(SCc3ccc([N+](=O)[O-])cc3)[nH]c(=O)c1C2c1ccc(OCc2ccccc2)cc1. The number of ketones is 1. The van der Waals surface area contributed by atoms with Gasteiger partial charge in [-0.3, -0.25) is 19.7 Å². The van der Waals surface area contributed by atoms with E-state index in [1.807, 2.05) is 54.6 Å². The van der Waals surface area contributed by atoms with E-state index >= 15 is 0 Å². The fourth-order valence-electron chi connectivity index (χ4n) is 5.66. The zero-order valence-corrected chi connectivity index (χ0v) is 24.6. The van der Waals surface area contributed by atoms with Gasteiger partial charge < -0.3 is 15.0 Å². The average Bonchev–Trinajstić information content (AvgIpc) is 2.98. The number of benzene rings is 3. The van der Waals surface area contributed by atoms with Gasteiger partial charge in [0.1, 0.15) is 18.2 Å². The number of hydrogen-bond donors (Lipinski definition) is 2. The van der Waals surface area contributed by atoms with E-state index in [1.54, 1.807) is 12.1 Å². The molecule has 43 heavy (non-hydrogen) atoms. The highest BCUT2D eigenvalue weighted by Crippen LogP contribution is 2.48. The van der Waals surface area contributed by atoms with Crippen molar-refractivity contribution < 1.29 is 14.5 Å². The third kappa shape index (κ3) is 6.10. The van der Waals surface area contributed by atoms with Crippen molar-refractivity contribution in [3.8, 4) is 5.75 Å². The van der Waals surface area contributed by atoms with Crippen molar-refractivity contribution in [2.75, 3.05) is 5.32 Å². The number of carbonyl (C=O) groups excluding carboxylic acids is 1. The molecule has 1 aliphatic heterocycles. The van der Waals surface area contributed by atoms with Crippen molar-refractivity contribution >= 4 is 29.1 Å². The number of ether oxygens (including phenoxy) is 1. The van der Waals surface area contributed by atoms with Crippen LogP contribution in [0.5, 0.6) is 5.75 Å². The van der Waals surface area contributed by atoms with E-state index in [1.165, 1.54) is 23.9 Å². The molecule has 1 unspecified atom stereocenters. The quantitative estimate of drug-likeness (QED) is 0.0993. The summed E-state index contributed by atoms with van der Waals surface area (Å²) in [5.74, 6) is 1.05. The fourth-order valence-corrected chi connectivity index (χ4v) is 6.47. The summed E-state index contributed by atoms with van der Waals surface area (Å²) in [5, 5.41) is 14.7. The molecular weight excluding hydrogens is 564 g/mol. The van der Waals surface area contributed by atoms with Crippen LogP contribution >= 0.6 is 11.8 Å². The Morgan fingerprint density at radius 1 is 0.977 bits per heavy atom. The summed E-state index contributed by atoms with van der Waals surface area (Å²) in [4.78, 5) is 45.4. The lowest BCUT2D eigenvalue weighted by atomic mass is 9.69. The van der Waals surface area contributed by atoms with Crippen molar-refractivity contribution in [3.63, 3.8) is 0 Å². The molecule has 218 valence electrons. The van der Waals surface area contributed by atoms with Gasteiger partial charge in [0, 0.05) is 41.5 Å². The molecule has 3 aromatic carbocycles. The van der Waals surface area contributed by atoms with Gasteiger partial charge in [0.15, 0.2) is 10.9 Å². The highest BCUT2D eigenvalue weighted by atomic mass is 32.2. The largest absolute Gasteiger partial charge is 0.489 e. The van der Waals surface area contributed by atoms with Crippen LogP contribution in [0.2, 0.25) is 0 Å². The number of nitrogens with one attached hydrogen (secondary N) is 2. The zero-order chi connectivity index (χ0) is 30.1. The van der Waals surface area contributed by atoms with E-state index in [0.717, 1.165) is 22.4 Å². The average molecular weight is 595 g/mol. The van der Waals surface area contributed by atoms with Gasteiger partial charge in [-0.05, 0) is 40.7 Å². The zero-order valence-electron chi connectivity index (χ0n) is 23.8. The number of rotatable bonds is 8. The van der Waals surface area contributed by atoms with Crippen molar-refractivity contribution in [1.29, 1.82) is 0 Å². The number of aromatic amines is 1. The number of nitro groups is 1. The number of nitrogens with zero attached hydrogens (tertiary/aromatic N) is 2. The second kappa shape index (κ2) is 11.5. The number of carbonyl (C=O) groups is 1. The standard InChI is InChI=1S/C33H30N4O5S/c1-33(2)16-25-28(26(38)17-33)27(22-10-14-24(15-11-22)42-18-20-6-4-3-5-7-20)29-30(34-25)35-32(36-31(29)39)43-19-21-8-12-23(13-9-21)37(40)41/h3-15,27H,16-19H2,1-2H3,(H2,34,35,36,39). The highest BCUT2D eigenvalue weighted by molar-refractivity contribution is 7.98. The van der Waals surface area contributed by atoms with Gasteiger partial charge in [-0.25, -0.2) is 4.98 Å². The number of nitro benzene ring substituents is 1. The molecule has 9 nitrogen and oxygen atoms in total. The summed E-state index contributed by atoms with van der Waals surface area (Å²) in [7, 11) is 0. The van der Waals surface area contributed by atoms with Crippen LogP contribution < -0.4 is 15.6 Å². The molecule has 0 amide bonds. The summed E-state index contributed by atoms with van der Waals surface area (Å²) in [6.07, 6.45) is 1.05. The molecule has 1 aliphatic carbocycles. The first-order valence-corrected chi connectivity index (χ1v) is 15.0. The molecule has 6 rings (SSSR count). The van der Waals surface area contributed by atoms with E-state index in [4.69, 9.17) is 9.72 Å². The topological polar surface area (TPSA) is 127 Å². The molecule has 0 saturated carbocycles. The van der Waals surface area contributed by atoms with Gasteiger partial charge in [-0.1, -0.05) is 80.2 Å². The third-order valence-corrected chi connectivity index (χ3v) is 8.63. The maximum Gasteiger partial charge on any atom is 0.269 e. The van der Waals surface area contributed by atoms with Crippen molar-refractivity contribution in [3.05, 3.63) is 133 Å². The molecule has 1 aromatic heterocycles. The number of allylic oxidation sites excluding steroid dienone is 2. The van der Waals surface area contributed by atoms with Crippen LogP contribution in [0.15, 0.2) is 100 Å². The van der Waals surface area contributed by atoms with E-state index in [0.29, 0.717) is 53.1 Å². The smallest absolute Gasteiger partial charge is 0.269 e. The Morgan fingerprint density at radius 3 is 2.40 bits per heavy atom. The van der Waals surface area contributed by atoms with Crippen LogP contribution in [0.1, 0.15) is 54.9 Å². The van der Waals surface area contributed by atoms with Crippen LogP contribution in [0.4, 0.5) is 11.5 Å². The third-order valence-electron chi connectivity index (χ3n) is 7.68. The van der Waals surface area contributed by atoms with Gasteiger partial charge >= 0.3 is 0 Å². The number of Topliss-reactive ketones (excluding diaryl/α,β-unsaturated/α-hetero) is 1. The first-order chi connectivity index (χ1) is 20.7. The van der Waals surface area contributed by atoms with E-state index in [-0.39, 0.29) is 22.4 Å². The molecule has 0 spiro atoms. The van der Waals surface area contributed by atoms with Crippen molar-refractivity contribution in [2.45, 2.75) is 50.1 Å². The Morgan fingerprint density at radius 2 is 1.70 bits per heavy atom. The minimum atomic E-state index is -0.567. The van der Waals surface area contributed by atoms with Crippen LogP contribution in [-0.2, 0) is 17.2 Å². The molecule has 0 saturated heterocycles. The molecule has 2 heterocycles. The molecule has 0 radical (unpaired) electrons. The van der Waals surface area contributed by atoms with E-state index < -0.39 is 10.8 Å². The Balaban J connectivity index is 1.31. The van der Waals surface area contributed by atoms with Crippen LogP contribution in [0.3, 0.4) is 0 Å². The molecule has 2 N–H and O–H groups in total. The second-order valence-electron chi connectivity index (χ2n) is 11.6. The lowest BCUT2D eigenvalue weighted by Crippen LogP contribution is -2.37. The number of fused-ring (bicyclic) bond motifs is 1. The van der Waals surface area contributed by atoms with Gasteiger partial charge in [0.2, 0.25) is 0 Å². The van der Waals surface area contributed by atoms with Crippen LogP contribution in [0, 0.1) is 15.5 Å². The number of hydrogen-bond acceptors (Lipinski definition) is 8. The molecule has 0 fully saturated rings. The van der Waals surface area contributed by atoms with Gasteiger partial charge in [0.25, 0.3) is 11.2 Å². The van der Waals surface area contributed by atoms with Gasteiger partial charge in [0.05, 0.1) is 10.5 Å². The summed E-state index contributed by atoms with van der Waals surface area (Å²) in [5.41, 5.74) is 4.03. The van der Waals surface area contributed by atoms with E-state index in [9.17, 15) is 19.7 Å². The first kappa shape index (κ1) is 28.4. The van der Waals surface area contributed by atoms with Crippen molar-refractivity contribution in [1.82, 2.24) is 9.97 Å². The maximum absolute atomic E-state index is 13.7. The first-order valence-electron chi connectivity index (χ1n) is 14.0. The van der Waals surface area contributed by atoms with Gasteiger partial charge in [-0.2, -0.15) is 0 Å². The number of anilines is 1. The number of thioether (sulfide) groups is 1. The molecule has 10 heteroatoms. The monoisotopic (exact) mass is 594 g/mol. The normalized spacial score (nSPS) is 17.1. The summed E-state index contributed by atoms with van der Waals surface area (Å²) >= 11 is 1.33. The van der Waals surface area contributed by atoms with Crippen molar-refractivity contribution in [2.24, 2.45) is 5.41 Å². The van der Waals surface area contributed by atoms with Crippen LogP contribution in [-0.4, -0.2) is 20.7 Å². The Kier molecular flexibility index (Phi) is 7.62. The van der Waals surface area contributed by atoms with Crippen LogP contribution in [0.25, 0.3) is 0 Å². The minimum absolute atomic E-state index is 0.0223. The summed E-state index contributed by atoms with van der Waals surface area (Å²) in [6, 6.07) is 23.8. The second-order valence-corrected chi connectivity index (χ2v) is 12.5. The minimum Gasteiger partial charge on any atom is -0.489 e. The molecule has 0 bridgehead atoms. The van der Waals surface area contributed by atoms with E-state index in [2.05, 4.69) is 24.1 Å². The Labute approximate surface area is 252 Å². The molecule has 1 atom stereocenters. The lowest BCUT2D eigenvalue weighted by molar-refractivity contribution is -0.384. The number of aromatic nitrogens is 2. The number of non-ortho nitro benzene ring substituents is 1. The summed E-state index contributed by atoms with van der Waals surface area (Å²) in [6.45, 7) is 4.57. The molecular formula is C33H30N4O5S. The predicted molar refractivity (Wildman–Crippen MR) is 165 cm³/mol. The fraction of sp³-hybridized carbons (Fsp3) is 0.242. The Hall–Kier alpha value is -4.70. The van der Waals surface area contributed by atoms with Gasteiger partial charge in [-0.15, -0.1) is 0 Å². The summed E-state index contributed by atoms with van der Waals surface area (Å²) < 4.78 is 5.97. The maximum atomic E-state index is 13.7. The predicted octanol–water partition coefficient (Wildman–Crippen LogP) is 6.75. The molecule has 2 aliphatic rings. The lowest BCUT2D eigenvalue weighted by Gasteiger charge is -2.38.